The fraction of sp³-hybridized carbons (Fsp3) is 0.385. The third-order valence-corrected chi connectivity index (χ3v) is 9.54. The van der Waals surface area contributed by atoms with Crippen molar-refractivity contribution >= 4 is 20.0 Å². The van der Waals surface area contributed by atoms with Crippen LogP contribution >= 0.6 is 0 Å². The lowest BCUT2D eigenvalue weighted by atomic mass is 9.99. The van der Waals surface area contributed by atoms with Crippen molar-refractivity contribution < 1.29 is 35.2 Å². The highest BCUT2D eigenvalue weighted by Crippen LogP contribution is 2.42. The number of hydrogen-bond acceptors (Lipinski definition) is 10. The fourth-order valence-corrected chi connectivity index (χ4v) is 7.54. The molecule has 0 aliphatic carbocycles. The molecule has 40 heavy (non-hydrogen) atoms. The number of H-pyrrole nitrogens is 1. The molecule has 2 aliphatic heterocycles. The number of fused-ring (bicyclic) bond motifs is 1. The highest BCUT2D eigenvalue weighted by atomic mass is 32.2. The molecule has 0 unspecified atom stereocenters. The highest BCUT2D eigenvalue weighted by Gasteiger charge is 2.57. The van der Waals surface area contributed by atoms with E-state index in [1.54, 1.807) is 49.4 Å². The smallest absolute Gasteiger partial charge is 0.330 e. The van der Waals surface area contributed by atoms with Crippen LogP contribution in [0.3, 0.4) is 0 Å². The second-order valence-corrected chi connectivity index (χ2v) is 13.5. The molecular weight excluding hydrogens is 564 g/mol. The zero-order chi connectivity index (χ0) is 28.8. The van der Waals surface area contributed by atoms with Gasteiger partial charge in [0.05, 0.1) is 17.8 Å². The zero-order valence-electron chi connectivity index (χ0n) is 21.8. The summed E-state index contributed by atoms with van der Waals surface area (Å²) in [7, 11) is -8.69. The minimum Gasteiger partial charge on any atom is -0.347 e. The molecule has 2 saturated heterocycles. The van der Waals surface area contributed by atoms with Crippen LogP contribution in [0.2, 0.25) is 0 Å². The summed E-state index contributed by atoms with van der Waals surface area (Å²) >= 11 is 0. The lowest BCUT2D eigenvalue weighted by Crippen LogP contribution is -2.64. The Morgan fingerprint density at radius 3 is 2.27 bits per heavy atom. The summed E-state index contributed by atoms with van der Waals surface area (Å²) in [5, 5.41) is -1.66. The predicted molar refractivity (Wildman–Crippen MR) is 142 cm³/mol. The molecule has 1 aromatic heterocycles. The normalized spacial score (nSPS) is 27.2. The van der Waals surface area contributed by atoms with E-state index in [0.717, 1.165) is 22.6 Å². The Morgan fingerprint density at radius 2 is 1.62 bits per heavy atom. The van der Waals surface area contributed by atoms with Gasteiger partial charge in [-0.1, -0.05) is 48.0 Å². The van der Waals surface area contributed by atoms with Crippen LogP contribution in [0.25, 0.3) is 0 Å². The first kappa shape index (κ1) is 28.4. The number of benzene rings is 2. The quantitative estimate of drug-likeness (QED) is 0.414. The molecule has 14 heteroatoms. The molecule has 1 N–H and O–H groups in total. The number of aryl methyl sites for hydroxylation is 2. The molecule has 0 bridgehead atoms. The molecule has 2 fully saturated rings. The van der Waals surface area contributed by atoms with Crippen molar-refractivity contribution in [1.29, 1.82) is 0 Å². The van der Waals surface area contributed by atoms with E-state index >= 15 is 0 Å². The molecule has 3 aromatic rings. The van der Waals surface area contributed by atoms with Gasteiger partial charge in [0.2, 0.25) is 0 Å². The number of hydrogen-bond donors (Lipinski definition) is 1. The van der Waals surface area contributed by atoms with Crippen LogP contribution in [0.5, 0.6) is 0 Å². The summed E-state index contributed by atoms with van der Waals surface area (Å²) in [5.74, 6) is 0. The van der Waals surface area contributed by atoms with Gasteiger partial charge in [-0.3, -0.25) is 18.5 Å². The van der Waals surface area contributed by atoms with Crippen LogP contribution in [-0.2, 0) is 38.3 Å². The largest absolute Gasteiger partial charge is 0.347 e. The van der Waals surface area contributed by atoms with E-state index in [1.807, 2.05) is 0 Å². The summed E-state index contributed by atoms with van der Waals surface area (Å²) in [5.41, 5.74) is -0.0570. The molecule has 0 amide bonds. The zero-order valence-corrected chi connectivity index (χ0v) is 23.4. The molecule has 0 radical (unpaired) electrons. The highest BCUT2D eigenvalue weighted by molar-refractivity contribution is 7.92. The average Bonchev–Trinajstić information content (AvgIpc) is 2.90. The number of nitrogens with one attached hydrogen (secondary N) is 1. The number of nitrogens with zero attached hydrogens (tertiary/aromatic N) is 1. The van der Waals surface area contributed by atoms with E-state index in [1.165, 1.54) is 19.1 Å². The molecule has 6 atom stereocenters. The summed E-state index contributed by atoms with van der Waals surface area (Å²) in [4.78, 5) is 27.0. The molecule has 214 valence electrons. The Balaban J connectivity index is 1.69. The fourth-order valence-electron chi connectivity index (χ4n) is 4.88. The van der Waals surface area contributed by atoms with Crippen molar-refractivity contribution in [2.45, 2.75) is 54.8 Å². The Kier molecular flexibility index (Phi) is 7.58. The van der Waals surface area contributed by atoms with Gasteiger partial charge in [-0.25, -0.2) is 13.2 Å². The van der Waals surface area contributed by atoms with Gasteiger partial charge < -0.3 is 14.2 Å². The molecular formula is C26H28N2O10S2. The Bertz CT molecular complexity index is 1720. The topological polar surface area (TPSA) is 160 Å². The summed E-state index contributed by atoms with van der Waals surface area (Å²) in [6.07, 6.45) is -4.70. The molecule has 3 heterocycles. The summed E-state index contributed by atoms with van der Waals surface area (Å²) in [6.45, 7) is 3.09. The minimum atomic E-state index is -4.39. The third kappa shape index (κ3) is 5.55. The van der Waals surface area contributed by atoms with E-state index < -0.39 is 67.3 Å². The molecule has 2 aromatic carbocycles. The van der Waals surface area contributed by atoms with Gasteiger partial charge in [0.15, 0.2) is 22.4 Å². The van der Waals surface area contributed by atoms with Crippen LogP contribution in [-0.4, -0.2) is 62.8 Å². The van der Waals surface area contributed by atoms with Crippen LogP contribution in [0.15, 0.2) is 75.3 Å². The van der Waals surface area contributed by atoms with E-state index in [0.29, 0.717) is 5.56 Å². The Labute approximate surface area is 230 Å². The van der Waals surface area contributed by atoms with E-state index in [9.17, 15) is 26.4 Å². The van der Waals surface area contributed by atoms with Gasteiger partial charge in [-0.05, 0) is 26.0 Å². The van der Waals surface area contributed by atoms with Gasteiger partial charge in [0.1, 0.15) is 23.6 Å². The van der Waals surface area contributed by atoms with Crippen molar-refractivity contribution in [2.24, 2.45) is 0 Å². The first-order chi connectivity index (χ1) is 18.8. The molecule has 5 rings (SSSR count). The van der Waals surface area contributed by atoms with Crippen LogP contribution in [0, 0.1) is 13.8 Å². The SMILES string of the molecule is Cc1ccc(S(=O)(=O)[C@H]2[C@@H](OS(C)(=O)=O)[C@H](n3cc(C)c(=O)[nH]c3=O)O[C@@H]3CO[C@@H](c4ccccc4)O[C@@H]23)cc1. The maximum atomic E-state index is 14.3. The first-order valence-electron chi connectivity index (χ1n) is 12.3. The maximum absolute atomic E-state index is 14.3. The monoisotopic (exact) mass is 592 g/mol. The summed E-state index contributed by atoms with van der Waals surface area (Å²) in [6, 6.07) is 14.9. The van der Waals surface area contributed by atoms with Crippen molar-refractivity contribution in [3.05, 3.63) is 98.3 Å². The first-order valence-corrected chi connectivity index (χ1v) is 15.7. The minimum absolute atomic E-state index is 0.0963. The standard InChI is InChI=1S/C26H28N2O10S2/c1-15-9-11-18(12-10-15)40(33,34)22-20-19(14-35-25(37-20)17-7-5-4-6-8-17)36-24(21(22)38-39(3,31)32)28-13-16(2)23(29)27-26(28)30/h4-13,19-22,24-25H,14H2,1-3H3,(H,27,29,30)/t19-,20-,21-,22-,24-,25-/m1/s1. The maximum Gasteiger partial charge on any atom is 0.330 e. The third-order valence-electron chi connectivity index (χ3n) is 6.79. The van der Waals surface area contributed by atoms with Gasteiger partial charge in [-0.2, -0.15) is 8.42 Å². The second kappa shape index (κ2) is 10.7. The van der Waals surface area contributed by atoms with Crippen molar-refractivity contribution in [3.8, 4) is 0 Å². The number of rotatable bonds is 6. The number of sulfone groups is 1. The number of aromatic nitrogens is 2. The molecule has 12 nitrogen and oxygen atoms in total. The molecule has 0 spiro atoms. The second-order valence-electron chi connectivity index (χ2n) is 9.81. The van der Waals surface area contributed by atoms with Crippen LogP contribution < -0.4 is 11.2 Å². The van der Waals surface area contributed by atoms with Crippen LogP contribution in [0.1, 0.15) is 29.2 Å². The van der Waals surface area contributed by atoms with Crippen molar-refractivity contribution in [2.75, 3.05) is 12.9 Å². The lowest BCUT2D eigenvalue weighted by Gasteiger charge is -2.48. The average molecular weight is 593 g/mol. The van der Waals surface area contributed by atoms with E-state index in [4.69, 9.17) is 18.4 Å². The predicted octanol–water partition coefficient (Wildman–Crippen LogP) is 1.35. The van der Waals surface area contributed by atoms with Gasteiger partial charge in [-0.15, -0.1) is 0 Å². The molecule has 0 saturated carbocycles. The lowest BCUT2D eigenvalue weighted by molar-refractivity contribution is -0.307. The molecule has 2 aliphatic rings. The van der Waals surface area contributed by atoms with Crippen LogP contribution in [0.4, 0.5) is 0 Å². The van der Waals surface area contributed by atoms with Crippen molar-refractivity contribution in [1.82, 2.24) is 9.55 Å². The number of aromatic amines is 1. The van der Waals surface area contributed by atoms with E-state index in [-0.39, 0.29) is 17.1 Å². The number of ether oxygens (including phenoxy) is 3. The van der Waals surface area contributed by atoms with Crippen molar-refractivity contribution in [3.63, 3.8) is 0 Å². The summed E-state index contributed by atoms with van der Waals surface area (Å²) < 4.78 is 78.0. The Morgan fingerprint density at radius 1 is 0.950 bits per heavy atom. The van der Waals surface area contributed by atoms with E-state index in [2.05, 4.69) is 4.98 Å². The Hall–Kier alpha value is -3.14. The van der Waals surface area contributed by atoms with Gasteiger partial charge in [0, 0.05) is 17.3 Å². The van der Waals surface area contributed by atoms with Gasteiger partial charge in [0.25, 0.3) is 15.7 Å². The van der Waals surface area contributed by atoms with Gasteiger partial charge >= 0.3 is 5.69 Å².